The number of nitrogens with zero attached hydrogens (tertiary/aromatic N) is 5. The van der Waals surface area contributed by atoms with Gasteiger partial charge in [0, 0.05) is 19.4 Å². The molecule has 0 aliphatic heterocycles. The number of pyridine rings is 1. The van der Waals surface area contributed by atoms with Crippen molar-refractivity contribution in [2.24, 2.45) is 7.05 Å². The number of rotatable bonds is 3. The molecule has 0 bridgehead atoms. The summed E-state index contributed by atoms with van der Waals surface area (Å²) in [4.78, 5) is 8.47. The quantitative estimate of drug-likeness (QED) is 0.754. The molecule has 0 unspecified atom stereocenters. The van der Waals surface area contributed by atoms with Gasteiger partial charge in [0.15, 0.2) is 5.65 Å². The van der Waals surface area contributed by atoms with E-state index in [4.69, 9.17) is 0 Å². The minimum absolute atomic E-state index is 0.655. The standard InChI is InChI=1S/C12H14N6/c1-9-5-10(18-11(6-9)15-8-16-18)14-7-12-13-3-4-17(12)2/h3-6,8,14H,7H2,1-2H3. The molecule has 6 nitrogen and oxygen atoms in total. The van der Waals surface area contributed by atoms with E-state index in [-0.39, 0.29) is 0 Å². The number of anilines is 1. The fourth-order valence-corrected chi connectivity index (χ4v) is 1.92. The van der Waals surface area contributed by atoms with Crippen molar-refractivity contribution in [2.45, 2.75) is 13.5 Å². The van der Waals surface area contributed by atoms with Crippen LogP contribution in [0.2, 0.25) is 0 Å². The van der Waals surface area contributed by atoms with E-state index < -0.39 is 0 Å². The normalized spacial score (nSPS) is 11.0. The van der Waals surface area contributed by atoms with Crippen molar-refractivity contribution in [3.63, 3.8) is 0 Å². The molecule has 0 saturated carbocycles. The van der Waals surface area contributed by atoms with E-state index >= 15 is 0 Å². The Balaban J connectivity index is 1.90. The van der Waals surface area contributed by atoms with Gasteiger partial charge in [-0.25, -0.2) is 9.97 Å². The second-order valence-corrected chi connectivity index (χ2v) is 4.26. The molecule has 92 valence electrons. The first-order valence-electron chi connectivity index (χ1n) is 5.74. The molecule has 6 heteroatoms. The molecule has 0 fully saturated rings. The van der Waals surface area contributed by atoms with E-state index in [0.717, 1.165) is 22.9 Å². The van der Waals surface area contributed by atoms with Gasteiger partial charge in [-0.3, -0.25) is 0 Å². The lowest BCUT2D eigenvalue weighted by atomic mass is 10.3. The molecule has 0 aliphatic carbocycles. The molecule has 0 atom stereocenters. The summed E-state index contributed by atoms with van der Waals surface area (Å²) in [5.74, 6) is 1.90. The Morgan fingerprint density at radius 3 is 2.94 bits per heavy atom. The van der Waals surface area contributed by atoms with Gasteiger partial charge in [-0.15, -0.1) is 0 Å². The smallest absolute Gasteiger partial charge is 0.157 e. The molecule has 3 rings (SSSR count). The van der Waals surface area contributed by atoms with Crippen LogP contribution in [0.4, 0.5) is 5.82 Å². The third kappa shape index (κ3) is 1.81. The van der Waals surface area contributed by atoms with Gasteiger partial charge in [-0.2, -0.15) is 9.61 Å². The minimum atomic E-state index is 0.655. The van der Waals surface area contributed by atoms with E-state index in [1.165, 1.54) is 0 Å². The van der Waals surface area contributed by atoms with Gasteiger partial charge in [0.25, 0.3) is 0 Å². The van der Waals surface area contributed by atoms with Crippen LogP contribution >= 0.6 is 0 Å². The summed E-state index contributed by atoms with van der Waals surface area (Å²) in [6.07, 6.45) is 5.28. The Bertz CT molecular complexity index is 681. The van der Waals surface area contributed by atoms with Crippen LogP contribution in [0, 0.1) is 6.92 Å². The largest absolute Gasteiger partial charge is 0.363 e. The zero-order chi connectivity index (χ0) is 12.5. The highest BCUT2D eigenvalue weighted by molar-refractivity contribution is 5.51. The van der Waals surface area contributed by atoms with Gasteiger partial charge >= 0.3 is 0 Å². The third-order valence-electron chi connectivity index (χ3n) is 2.87. The van der Waals surface area contributed by atoms with Gasteiger partial charge in [0.1, 0.15) is 18.0 Å². The SMILES string of the molecule is Cc1cc(NCc2nccn2C)n2ncnc2c1. The monoisotopic (exact) mass is 242 g/mol. The number of imidazole rings is 1. The summed E-state index contributed by atoms with van der Waals surface area (Å²) in [5, 5.41) is 7.53. The molecule has 0 radical (unpaired) electrons. The summed E-state index contributed by atoms with van der Waals surface area (Å²) >= 11 is 0. The Hall–Kier alpha value is -2.37. The van der Waals surface area contributed by atoms with E-state index in [1.807, 2.05) is 36.9 Å². The fourth-order valence-electron chi connectivity index (χ4n) is 1.92. The Kier molecular flexibility index (Phi) is 2.47. The predicted molar refractivity (Wildman–Crippen MR) is 68.3 cm³/mol. The summed E-state index contributed by atoms with van der Waals surface area (Å²) < 4.78 is 3.78. The maximum Gasteiger partial charge on any atom is 0.157 e. The number of fused-ring (bicyclic) bond motifs is 1. The Morgan fingerprint density at radius 2 is 2.17 bits per heavy atom. The number of aromatic nitrogens is 5. The summed E-state index contributed by atoms with van der Waals surface area (Å²) in [6.45, 7) is 2.70. The number of hydrogen-bond donors (Lipinski definition) is 1. The summed E-state index contributed by atoms with van der Waals surface area (Å²) in [7, 11) is 1.98. The average Bonchev–Trinajstić information content (AvgIpc) is 2.94. The minimum Gasteiger partial charge on any atom is -0.363 e. The molecule has 3 heterocycles. The van der Waals surface area contributed by atoms with Crippen LogP contribution in [-0.4, -0.2) is 24.1 Å². The lowest BCUT2D eigenvalue weighted by Crippen LogP contribution is -2.09. The van der Waals surface area contributed by atoms with E-state index in [1.54, 1.807) is 17.0 Å². The highest BCUT2D eigenvalue weighted by Gasteiger charge is 2.05. The highest BCUT2D eigenvalue weighted by Crippen LogP contribution is 2.13. The van der Waals surface area contributed by atoms with Crippen molar-refractivity contribution in [2.75, 3.05) is 5.32 Å². The molecule has 1 N–H and O–H groups in total. The van der Waals surface area contributed by atoms with Gasteiger partial charge in [0.2, 0.25) is 0 Å². The van der Waals surface area contributed by atoms with Crippen LogP contribution in [0.5, 0.6) is 0 Å². The zero-order valence-electron chi connectivity index (χ0n) is 10.3. The first-order chi connectivity index (χ1) is 8.74. The van der Waals surface area contributed by atoms with E-state index in [2.05, 4.69) is 20.4 Å². The van der Waals surface area contributed by atoms with Crippen molar-refractivity contribution >= 4 is 11.5 Å². The number of hydrogen-bond acceptors (Lipinski definition) is 4. The van der Waals surface area contributed by atoms with Crippen LogP contribution in [0.15, 0.2) is 30.9 Å². The third-order valence-corrected chi connectivity index (χ3v) is 2.87. The number of aryl methyl sites for hydroxylation is 2. The molecule has 0 amide bonds. The zero-order valence-corrected chi connectivity index (χ0v) is 10.3. The molecule has 0 aromatic carbocycles. The maximum absolute atomic E-state index is 4.28. The van der Waals surface area contributed by atoms with Gasteiger partial charge in [-0.05, 0) is 24.6 Å². The van der Waals surface area contributed by atoms with Crippen LogP contribution in [0.3, 0.4) is 0 Å². The first kappa shape index (κ1) is 10.8. The van der Waals surface area contributed by atoms with Gasteiger partial charge in [0.05, 0.1) is 6.54 Å². The lowest BCUT2D eigenvalue weighted by molar-refractivity contribution is 0.805. The summed E-state index contributed by atoms with van der Waals surface area (Å²) in [5.41, 5.74) is 2.00. The Labute approximate surface area is 104 Å². The first-order valence-corrected chi connectivity index (χ1v) is 5.74. The molecular formula is C12H14N6. The van der Waals surface area contributed by atoms with E-state index in [9.17, 15) is 0 Å². The van der Waals surface area contributed by atoms with Gasteiger partial charge in [-0.1, -0.05) is 0 Å². The second kappa shape index (κ2) is 4.14. The molecule has 3 aromatic heterocycles. The highest BCUT2D eigenvalue weighted by atomic mass is 15.3. The predicted octanol–water partition coefficient (Wildman–Crippen LogP) is 1.38. The lowest BCUT2D eigenvalue weighted by Gasteiger charge is -2.09. The maximum atomic E-state index is 4.28. The van der Waals surface area contributed by atoms with Crippen molar-refractivity contribution in [3.8, 4) is 0 Å². The van der Waals surface area contributed by atoms with Crippen molar-refractivity contribution in [3.05, 3.63) is 42.2 Å². The Morgan fingerprint density at radius 1 is 1.28 bits per heavy atom. The molecule has 3 aromatic rings. The number of nitrogens with one attached hydrogen (secondary N) is 1. The fraction of sp³-hybridized carbons (Fsp3) is 0.250. The molecule has 0 aliphatic rings. The van der Waals surface area contributed by atoms with Crippen LogP contribution in [0.25, 0.3) is 5.65 Å². The van der Waals surface area contributed by atoms with Crippen molar-refractivity contribution < 1.29 is 0 Å². The van der Waals surface area contributed by atoms with Gasteiger partial charge < -0.3 is 9.88 Å². The average molecular weight is 242 g/mol. The molecular weight excluding hydrogens is 228 g/mol. The molecule has 18 heavy (non-hydrogen) atoms. The van der Waals surface area contributed by atoms with Crippen LogP contribution < -0.4 is 5.32 Å². The molecule has 0 saturated heterocycles. The van der Waals surface area contributed by atoms with Crippen molar-refractivity contribution in [1.82, 2.24) is 24.1 Å². The second-order valence-electron chi connectivity index (χ2n) is 4.26. The van der Waals surface area contributed by atoms with Crippen LogP contribution in [-0.2, 0) is 13.6 Å². The summed E-state index contributed by atoms with van der Waals surface area (Å²) in [6, 6.07) is 4.05. The van der Waals surface area contributed by atoms with Crippen molar-refractivity contribution in [1.29, 1.82) is 0 Å². The molecule has 0 spiro atoms. The van der Waals surface area contributed by atoms with E-state index in [0.29, 0.717) is 6.54 Å². The topological polar surface area (TPSA) is 60.0 Å². The van der Waals surface area contributed by atoms with Crippen LogP contribution in [0.1, 0.15) is 11.4 Å².